The molecular formula is C27H36N6O6. The first kappa shape index (κ1) is 28.1. The van der Waals surface area contributed by atoms with Crippen molar-refractivity contribution in [2.45, 2.75) is 64.3 Å². The molecule has 2 aromatic heterocycles. The van der Waals surface area contributed by atoms with E-state index in [-0.39, 0.29) is 11.7 Å². The number of carbonyl (C=O) groups is 2. The number of aliphatic hydroxyl groups excluding tert-OH is 1. The van der Waals surface area contributed by atoms with E-state index in [1.807, 2.05) is 12.1 Å². The Balaban J connectivity index is 1.67. The number of methoxy groups -OCH3 is 1. The fourth-order valence-corrected chi connectivity index (χ4v) is 4.66. The first-order chi connectivity index (χ1) is 18.2. The summed E-state index contributed by atoms with van der Waals surface area (Å²) >= 11 is 0. The summed E-state index contributed by atoms with van der Waals surface area (Å²) in [7, 11) is 1.51. The van der Waals surface area contributed by atoms with E-state index in [0.29, 0.717) is 36.5 Å². The van der Waals surface area contributed by atoms with Gasteiger partial charge < -0.3 is 30.3 Å². The number of aliphatic hydroxyl groups is 2. The lowest BCUT2D eigenvalue weighted by atomic mass is 10.0. The number of fused-ring (bicyclic) bond motifs is 1. The van der Waals surface area contributed by atoms with Crippen LogP contribution in [0.2, 0.25) is 0 Å². The smallest absolute Gasteiger partial charge is 0.412 e. The highest BCUT2D eigenvalue weighted by Crippen LogP contribution is 2.39. The Kier molecular flexibility index (Phi) is 7.46. The first-order valence-electron chi connectivity index (χ1n) is 12.7. The third-order valence-corrected chi connectivity index (χ3v) is 6.58. The molecule has 4 rings (SSSR count). The van der Waals surface area contributed by atoms with Gasteiger partial charge in [0.1, 0.15) is 23.2 Å². The summed E-state index contributed by atoms with van der Waals surface area (Å²) in [5.74, 6) is 0.101. The second kappa shape index (κ2) is 10.3. The Morgan fingerprint density at radius 2 is 1.92 bits per heavy atom. The third kappa shape index (κ3) is 5.91. The lowest BCUT2D eigenvalue weighted by Gasteiger charge is -2.27. The van der Waals surface area contributed by atoms with Crippen LogP contribution in [0.5, 0.6) is 5.75 Å². The molecule has 1 aliphatic rings. The number of ether oxygens (including phenoxy) is 2. The van der Waals surface area contributed by atoms with E-state index in [1.165, 1.54) is 27.3 Å². The van der Waals surface area contributed by atoms with E-state index in [2.05, 4.69) is 15.4 Å². The van der Waals surface area contributed by atoms with Crippen LogP contribution >= 0.6 is 0 Å². The quantitative estimate of drug-likeness (QED) is 0.368. The molecule has 12 heteroatoms. The molecule has 3 aromatic rings. The zero-order valence-electron chi connectivity index (χ0n) is 23.1. The topological polar surface area (TPSA) is 165 Å². The number of nitrogens with two attached hydrogens (primary N) is 1. The van der Waals surface area contributed by atoms with Crippen molar-refractivity contribution in [2.75, 3.05) is 31.2 Å². The first-order valence-corrected chi connectivity index (χ1v) is 12.7. The highest BCUT2D eigenvalue weighted by Gasteiger charge is 2.38. The number of nitrogens with zero attached hydrogens (tertiary/aromatic N) is 4. The van der Waals surface area contributed by atoms with Gasteiger partial charge in [0.2, 0.25) is 0 Å². The van der Waals surface area contributed by atoms with E-state index in [4.69, 9.17) is 15.2 Å². The number of benzene rings is 1. The minimum atomic E-state index is -1.55. The van der Waals surface area contributed by atoms with Crippen LogP contribution in [-0.4, -0.2) is 79.2 Å². The van der Waals surface area contributed by atoms with Gasteiger partial charge in [-0.05, 0) is 64.8 Å². The minimum absolute atomic E-state index is 0.0893. The Morgan fingerprint density at radius 1 is 1.21 bits per heavy atom. The highest BCUT2D eigenvalue weighted by molar-refractivity contribution is 5.92. The predicted molar refractivity (Wildman–Crippen MR) is 145 cm³/mol. The lowest BCUT2D eigenvalue weighted by Crippen LogP contribution is -2.48. The van der Waals surface area contributed by atoms with Gasteiger partial charge >= 0.3 is 6.09 Å². The van der Waals surface area contributed by atoms with Gasteiger partial charge in [0.05, 0.1) is 18.4 Å². The van der Waals surface area contributed by atoms with Crippen LogP contribution in [0.3, 0.4) is 0 Å². The molecule has 0 saturated carbocycles. The molecule has 1 aromatic carbocycles. The number of hydrogen-bond donors (Lipinski definition) is 4. The van der Waals surface area contributed by atoms with Crippen LogP contribution in [0.15, 0.2) is 30.6 Å². The van der Waals surface area contributed by atoms with Crippen molar-refractivity contribution < 1.29 is 29.3 Å². The van der Waals surface area contributed by atoms with E-state index in [0.717, 1.165) is 16.8 Å². The largest absolute Gasteiger partial charge is 0.495 e. The average Bonchev–Trinajstić information content (AvgIpc) is 3.47. The van der Waals surface area contributed by atoms with Gasteiger partial charge in [0.15, 0.2) is 11.9 Å². The third-order valence-electron chi connectivity index (χ3n) is 6.58. The Bertz CT molecular complexity index is 1390. The van der Waals surface area contributed by atoms with Gasteiger partial charge in [-0.2, -0.15) is 5.10 Å². The van der Waals surface area contributed by atoms with Crippen LogP contribution in [0.25, 0.3) is 16.6 Å². The Labute approximate surface area is 226 Å². The maximum Gasteiger partial charge on any atom is 0.412 e. The van der Waals surface area contributed by atoms with E-state index in [1.54, 1.807) is 42.3 Å². The fraction of sp³-hybridized carbons (Fsp3) is 0.481. The standard InChI is InChI=1S/C27H36N6O6/c1-26(2,3)39-25(36)31-18-8-7-15(11-20(18)38-6)17-12-19(33-21(17)23(28)29-14-30-33)16-9-10-32(13-16)24(35)22(34)27(4,5)37/h7-8,11-12,14,16,22,34,37H,9-10,13H2,1-6H3,(H,31,36)(H2,28,29,30)/t16-,22?/m1/s1. The summed E-state index contributed by atoms with van der Waals surface area (Å²) in [6.45, 7) is 8.93. The minimum Gasteiger partial charge on any atom is -0.495 e. The maximum absolute atomic E-state index is 12.8. The van der Waals surface area contributed by atoms with Crippen molar-refractivity contribution in [3.8, 4) is 16.9 Å². The van der Waals surface area contributed by atoms with E-state index in [9.17, 15) is 19.8 Å². The monoisotopic (exact) mass is 540 g/mol. The summed E-state index contributed by atoms with van der Waals surface area (Å²) in [4.78, 5) is 30.8. The van der Waals surface area contributed by atoms with Crippen molar-refractivity contribution in [2.24, 2.45) is 0 Å². The number of carbonyl (C=O) groups excluding carboxylic acids is 2. The molecular weight excluding hydrogens is 504 g/mol. The molecule has 3 heterocycles. The second-order valence-electron chi connectivity index (χ2n) is 11.3. The molecule has 1 saturated heterocycles. The van der Waals surface area contributed by atoms with Gasteiger partial charge in [-0.1, -0.05) is 6.07 Å². The molecule has 1 fully saturated rings. The molecule has 0 bridgehead atoms. The SMILES string of the molecule is COc1cc(-c2cc([C@@H]3CCN(C(=O)C(O)C(C)(C)O)C3)n3ncnc(N)c23)ccc1NC(=O)OC(C)(C)C. The number of amides is 2. The van der Waals surface area contributed by atoms with Crippen LogP contribution < -0.4 is 15.8 Å². The van der Waals surface area contributed by atoms with Gasteiger partial charge in [-0.15, -0.1) is 0 Å². The summed E-state index contributed by atoms with van der Waals surface area (Å²) in [5.41, 5.74) is 7.49. The Morgan fingerprint density at radius 3 is 2.56 bits per heavy atom. The van der Waals surface area contributed by atoms with Crippen molar-refractivity contribution >= 4 is 29.0 Å². The van der Waals surface area contributed by atoms with Crippen LogP contribution in [0.4, 0.5) is 16.3 Å². The number of anilines is 2. The van der Waals surface area contributed by atoms with Gasteiger partial charge in [-0.3, -0.25) is 10.1 Å². The van der Waals surface area contributed by atoms with Crippen molar-refractivity contribution in [3.63, 3.8) is 0 Å². The van der Waals surface area contributed by atoms with Crippen LogP contribution in [0, 0.1) is 0 Å². The molecule has 5 N–H and O–H groups in total. The number of hydrogen-bond acceptors (Lipinski definition) is 9. The predicted octanol–water partition coefficient (Wildman–Crippen LogP) is 2.78. The number of nitrogens with one attached hydrogen (secondary N) is 1. The summed E-state index contributed by atoms with van der Waals surface area (Å²) in [6.07, 6.45) is -0.103. The van der Waals surface area contributed by atoms with Crippen molar-refractivity contribution in [1.29, 1.82) is 0 Å². The average molecular weight is 541 g/mol. The molecule has 39 heavy (non-hydrogen) atoms. The molecule has 1 aliphatic heterocycles. The van der Waals surface area contributed by atoms with Crippen LogP contribution in [0.1, 0.15) is 52.7 Å². The summed E-state index contributed by atoms with van der Waals surface area (Å²) in [5, 5.41) is 27.5. The van der Waals surface area contributed by atoms with Gasteiger partial charge in [0, 0.05) is 30.3 Å². The zero-order valence-corrected chi connectivity index (χ0v) is 23.1. The summed E-state index contributed by atoms with van der Waals surface area (Å²) < 4.78 is 12.6. The van der Waals surface area contributed by atoms with Crippen molar-refractivity contribution in [1.82, 2.24) is 19.5 Å². The maximum atomic E-state index is 12.8. The van der Waals surface area contributed by atoms with Gasteiger partial charge in [-0.25, -0.2) is 14.3 Å². The molecule has 0 radical (unpaired) electrons. The molecule has 0 aliphatic carbocycles. The Hall–Kier alpha value is -3.90. The molecule has 2 atom stereocenters. The molecule has 2 amide bonds. The number of rotatable bonds is 6. The summed E-state index contributed by atoms with van der Waals surface area (Å²) in [6, 6.07) is 7.28. The number of aromatic nitrogens is 3. The highest BCUT2D eigenvalue weighted by atomic mass is 16.6. The normalized spacial score (nSPS) is 16.8. The fourth-order valence-electron chi connectivity index (χ4n) is 4.66. The molecule has 210 valence electrons. The molecule has 0 spiro atoms. The van der Waals surface area contributed by atoms with Crippen molar-refractivity contribution in [3.05, 3.63) is 36.3 Å². The van der Waals surface area contributed by atoms with E-state index < -0.39 is 29.3 Å². The van der Waals surface area contributed by atoms with E-state index >= 15 is 0 Å². The molecule has 12 nitrogen and oxygen atoms in total. The zero-order chi connectivity index (χ0) is 28.7. The van der Waals surface area contributed by atoms with Crippen LogP contribution in [-0.2, 0) is 9.53 Å². The van der Waals surface area contributed by atoms with Gasteiger partial charge in [0.25, 0.3) is 5.91 Å². The number of nitrogen functional groups attached to an aromatic ring is 1. The molecule has 1 unspecified atom stereocenters. The lowest BCUT2D eigenvalue weighted by molar-refractivity contribution is -0.151. The second-order valence-corrected chi connectivity index (χ2v) is 11.3. The number of likely N-dealkylation sites (tertiary alicyclic amines) is 1.